The molecule has 0 fully saturated rings. The third kappa shape index (κ3) is 2.11. The number of hydrogen-bond donors (Lipinski definition) is 0. The summed E-state index contributed by atoms with van der Waals surface area (Å²) >= 11 is 0. The largest absolute Gasteiger partial charge is 0.497 e. The molecule has 0 N–H and O–H groups in total. The van der Waals surface area contributed by atoms with E-state index in [0.717, 1.165) is 5.56 Å². The third-order valence-corrected chi connectivity index (χ3v) is 3.96. The quantitative estimate of drug-likeness (QED) is 0.813. The van der Waals surface area contributed by atoms with Crippen molar-refractivity contribution in [2.75, 3.05) is 18.8 Å². The van der Waals surface area contributed by atoms with Crippen LogP contribution in [-0.2, 0) is 11.3 Å². The molecular formula is C17H13NO5. The Hall–Kier alpha value is -3.02. The standard InChI is InChI=1S/C17H13NO5/c1-21-11-3-4-12-13(7-11)18(17(20)16(12)19)8-10-2-5-14-15(6-10)23-9-22-14/h2-7H,8-9H2,1H3. The van der Waals surface area contributed by atoms with Gasteiger partial charge in [0.2, 0.25) is 6.79 Å². The van der Waals surface area contributed by atoms with Crippen molar-refractivity contribution in [1.82, 2.24) is 0 Å². The van der Waals surface area contributed by atoms with Gasteiger partial charge in [-0.3, -0.25) is 9.59 Å². The predicted molar refractivity (Wildman–Crippen MR) is 81.1 cm³/mol. The summed E-state index contributed by atoms with van der Waals surface area (Å²) in [4.78, 5) is 25.8. The predicted octanol–water partition coefficient (Wildman–Crippen LogP) is 2.15. The van der Waals surface area contributed by atoms with E-state index in [1.54, 1.807) is 31.4 Å². The molecule has 0 bridgehead atoms. The maximum atomic E-state index is 12.3. The molecule has 0 saturated carbocycles. The molecule has 2 heterocycles. The van der Waals surface area contributed by atoms with Gasteiger partial charge in [0.1, 0.15) is 5.75 Å². The van der Waals surface area contributed by atoms with Gasteiger partial charge < -0.3 is 19.1 Å². The Morgan fingerprint density at radius 2 is 1.91 bits per heavy atom. The molecule has 0 aromatic heterocycles. The van der Waals surface area contributed by atoms with E-state index in [1.807, 2.05) is 12.1 Å². The van der Waals surface area contributed by atoms with E-state index >= 15 is 0 Å². The lowest BCUT2D eigenvalue weighted by atomic mass is 10.1. The highest BCUT2D eigenvalue weighted by molar-refractivity contribution is 6.52. The van der Waals surface area contributed by atoms with Crippen LogP contribution in [0.1, 0.15) is 15.9 Å². The van der Waals surface area contributed by atoms with E-state index in [4.69, 9.17) is 14.2 Å². The van der Waals surface area contributed by atoms with Crippen LogP contribution in [-0.4, -0.2) is 25.6 Å². The van der Waals surface area contributed by atoms with Crippen molar-refractivity contribution in [1.29, 1.82) is 0 Å². The highest BCUT2D eigenvalue weighted by Gasteiger charge is 2.36. The molecule has 2 aliphatic heterocycles. The van der Waals surface area contributed by atoms with E-state index in [-0.39, 0.29) is 13.3 Å². The van der Waals surface area contributed by atoms with Crippen LogP contribution in [0.15, 0.2) is 36.4 Å². The third-order valence-electron chi connectivity index (χ3n) is 3.96. The Morgan fingerprint density at radius 1 is 1.09 bits per heavy atom. The highest BCUT2D eigenvalue weighted by atomic mass is 16.7. The summed E-state index contributed by atoms with van der Waals surface area (Å²) in [5, 5.41) is 0. The van der Waals surface area contributed by atoms with Crippen LogP contribution in [0.4, 0.5) is 5.69 Å². The maximum Gasteiger partial charge on any atom is 0.299 e. The van der Waals surface area contributed by atoms with Crippen molar-refractivity contribution in [3.8, 4) is 17.2 Å². The number of anilines is 1. The van der Waals surface area contributed by atoms with Crippen LogP contribution >= 0.6 is 0 Å². The van der Waals surface area contributed by atoms with E-state index in [9.17, 15) is 9.59 Å². The summed E-state index contributed by atoms with van der Waals surface area (Å²) in [6.45, 7) is 0.474. The van der Waals surface area contributed by atoms with Crippen LogP contribution in [0.2, 0.25) is 0 Å². The summed E-state index contributed by atoms with van der Waals surface area (Å²) in [6, 6.07) is 10.5. The maximum absolute atomic E-state index is 12.3. The Morgan fingerprint density at radius 3 is 2.74 bits per heavy atom. The number of nitrogens with zero attached hydrogens (tertiary/aromatic N) is 1. The first kappa shape index (κ1) is 13.6. The van der Waals surface area contributed by atoms with Crippen molar-refractivity contribution in [3.63, 3.8) is 0 Å². The smallest absolute Gasteiger partial charge is 0.299 e. The summed E-state index contributed by atoms with van der Waals surface area (Å²) < 4.78 is 15.8. The second-order valence-electron chi connectivity index (χ2n) is 5.29. The molecule has 6 heteroatoms. The van der Waals surface area contributed by atoms with Crippen LogP contribution in [0, 0.1) is 0 Å². The second kappa shape index (κ2) is 5.01. The number of carbonyl (C=O) groups excluding carboxylic acids is 2. The van der Waals surface area contributed by atoms with E-state index in [0.29, 0.717) is 28.5 Å². The fourth-order valence-corrected chi connectivity index (χ4v) is 2.78. The molecule has 2 aromatic carbocycles. The van der Waals surface area contributed by atoms with Gasteiger partial charge in [-0.05, 0) is 29.8 Å². The van der Waals surface area contributed by atoms with Crippen LogP contribution in [0.5, 0.6) is 17.2 Å². The SMILES string of the molecule is COc1ccc2c(c1)N(Cc1ccc3c(c1)OCO3)C(=O)C2=O. The zero-order valence-electron chi connectivity index (χ0n) is 12.4. The molecule has 0 saturated heterocycles. The van der Waals surface area contributed by atoms with Crippen molar-refractivity contribution in [2.24, 2.45) is 0 Å². The van der Waals surface area contributed by atoms with Gasteiger partial charge in [0.25, 0.3) is 11.7 Å². The molecule has 0 atom stereocenters. The number of rotatable bonds is 3. The van der Waals surface area contributed by atoms with Gasteiger partial charge in [-0.15, -0.1) is 0 Å². The zero-order chi connectivity index (χ0) is 16.0. The number of ether oxygens (including phenoxy) is 3. The van der Waals surface area contributed by atoms with Gasteiger partial charge in [0, 0.05) is 6.07 Å². The Labute approximate surface area is 132 Å². The van der Waals surface area contributed by atoms with Crippen LogP contribution in [0.3, 0.4) is 0 Å². The average molecular weight is 311 g/mol. The fourth-order valence-electron chi connectivity index (χ4n) is 2.78. The fraction of sp³-hybridized carbons (Fsp3) is 0.176. The number of fused-ring (bicyclic) bond motifs is 2. The Bertz CT molecular complexity index is 830. The molecule has 23 heavy (non-hydrogen) atoms. The molecule has 0 unspecified atom stereocenters. The molecular weight excluding hydrogens is 298 g/mol. The van der Waals surface area contributed by atoms with Crippen molar-refractivity contribution in [3.05, 3.63) is 47.5 Å². The summed E-state index contributed by atoms with van der Waals surface area (Å²) in [5.74, 6) is 0.891. The van der Waals surface area contributed by atoms with E-state index in [1.165, 1.54) is 4.90 Å². The lowest BCUT2D eigenvalue weighted by molar-refractivity contribution is -0.114. The number of carbonyl (C=O) groups is 2. The number of amides is 1. The van der Waals surface area contributed by atoms with Gasteiger partial charge in [-0.25, -0.2) is 0 Å². The number of Topliss-reactive ketones (excluding diaryl/α,β-unsaturated/α-hetero) is 1. The van der Waals surface area contributed by atoms with Gasteiger partial charge in [0.15, 0.2) is 11.5 Å². The molecule has 0 spiro atoms. The van der Waals surface area contributed by atoms with Crippen molar-refractivity contribution >= 4 is 17.4 Å². The van der Waals surface area contributed by atoms with Gasteiger partial charge in [-0.1, -0.05) is 6.07 Å². The molecule has 6 nitrogen and oxygen atoms in total. The number of ketones is 1. The van der Waals surface area contributed by atoms with Crippen molar-refractivity contribution < 1.29 is 23.8 Å². The minimum absolute atomic E-state index is 0.194. The minimum Gasteiger partial charge on any atom is -0.497 e. The first-order valence-electron chi connectivity index (χ1n) is 7.10. The second-order valence-corrected chi connectivity index (χ2v) is 5.29. The van der Waals surface area contributed by atoms with E-state index in [2.05, 4.69) is 0 Å². The lowest BCUT2D eigenvalue weighted by Gasteiger charge is -2.17. The van der Waals surface area contributed by atoms with Gasteiger partial charge in [0.05, 0.1) is 24.9 Å². The first-order valence-corrected chi connectivity index (χ1v) is 7.10. The number of methoxy groups -OCH3 is 1. The summed E-state index contributed by atoms with van der Waals surface area (Å²) in [5.41, 5.74) is 1.82. The van der Waals surface area contributed by atoms with Crippen molar-refractivity contribution in [2.45, 2.75) is 6.54 Å². The number of hydrogen-bond acceptors (Lipinski definition) is 5. The Balaban J connectivity index is 1.69. The molecule has 0 radical (unpaired) electrons. The van der Waals surface area contributed by atoms with Gasteiger partial charge in [-0.2, -0.15) is 0 Å². The normalized spacial score (nSPS) is 15.1. The molecule has 0 aliphatic carbocycles. The first-order chi connectivity index (χ1) is 11.2. The summed E-state index contributed by atoms with van der Waals surface area (Å²) in [7, 11) is 1.54. The van der Waals surface area contributed by atoms with Gasteiger partial charge >= 0.3 is 0 Å². The molecule has 2 aromatic rings. The molecule has 116 valence electrons. The highest BCUT2D eigenvalue weighted by Crippen LogP contribution is 2.36. The lowest BCUT2D eigenvalue weighted by Crippen LogP contribution is -2.29. The molecule has 4 rings (SSSR count). The molecule has 1 amide bonds. The van der Waals surface area contributed by atoms with E-state index < -0.39 is 11.7 Å². The number of benzene rings is 2. The van der Waals surface area contributed by atoms with Crippen LogP contribution < -0.4 is 19.1 Å². The zero-order valence-corrected chi connectivity index (χ0v) is 12.4. The van der Waals surface area contributed by atoms with Crippen LogP contribution in [0.25, 0.3) is 0 Å². The average Bonchev–Trinajstić information content (AvgIpc) is 3.13. The topological polar surface area (TPSA) is 65.1 Å². The minimum atomic E-state index is -0.536. The summed E-state index contributed by atoms with van der Waals surface area (Å²) in [6.07, 6.45) is 0. The molecule has 2 aliphatic rings. The monoisotopic (exact) mass is 311 g/mol. The Kier molecular flexibility index (Phi) is 2.97.